The van der Waals surface area contributed by atoms with Gasteiger partial charge in [0.1, 0.15) is 0 Å². The maximum Gasteiger partial charge on any atom is 0.302 e. The molecule has 94 valence electrons. The molecular formula is C12H17NO4. The number of esters is 2. The summed E-state index contributed by atoms with van der Waals surface area (Å²) in [6.45, 7) is 3.38. The van der Waals surface area contributed by atoms with Crippen molar-refractivity contribution in [2.75, 3.05) is 13.2 Å². The van der Waals surface area contributed by atoms with E-state index in [1.165, 1.54) is 13.8 Å². The first-order valence-corrected chi connectivity index (χ1v) is 5.54. The molecule has 0 amide bonds. The number of carbonyl (C=O) groups excluding carboxylic acids is 2. The van der Waals surface area contributed by atoms with Crippen LogP contribution in [0.5, 0.6) is 0 Å². The van der Waals surface area contributed by atoms with E-state index in [2.05, 4.69) is 4.99 Å². The highest BCUT2D eigenvalue weighted by Crippen LogP contribution is 2.25. The molecule has 0 aromatic rings. The van der Waals surface area contributed by atoms with Gasteiger partial charge in [-0.1, -0.05) is 6.08 Å². The molecule has 0 fully saturated rings. The summed E-state index contributed by atoms with van der Waals surface area (Å²) in [5, 5.41) is 0. The van der Waals surface area contributed by atoms with Gasteiger partial charge in [0.25, 0.3) is 0 Å². The van der Waals surface area contributed by atoms with Gasteiger partial charge in [-0.3, -0.25) is 14.6 Å². The molecular weight excluding hydrogens is 222 g/mol. The molecule has 0 atom stereocenters. The van der Waals surface area contributed by atoms with Crippen molar-refractivity contribution in [2.24, 2.45) is 4.99 Å². The molecule has 0 saturated carbocycles. The lowest BCUT2D eigenvalue weighted by Gasteiger charge is -2.23. The van der Waals surface area contributed by atoms with Crippen molar-refractivity contribution < 1.29 is 19.1 Å². The predicted molar refractivity (Wildman–Crippen MR) is 62.9 cm³/mol. The maximum absolute atomic E-state index is 10.7. The molecule has 17 heavy (non-hydrogen) atoms. The van der Waals surface area contributed by atoms with Crippen molar-refractivity contribution in [1.82, 2.24) is 0 Å². The number of hydrogen-bond donors (Lipinski definition) is 0. The molecule has 0 spiro atoms. The molecule has 5 heteroatoms. The maximum atomic E-state index is 10.7. The van der Waals surface area contributed by atoms with Crippen LogP contribution in [-0.4, -0.2) is 36.9 Å². The fraction of sp³-hybridized carbons (Fsp3) is 0.583. The van der Waals surface area contributed by atoms with Crippen LogP contribution in [0, 0.1) is 0 Å². The van der Waals surface area contributed by atoms with Crippen LogP contribution in [0.3, 0.4) is 0 Å². The van der Waals surface area contributed by atoms with Crippen molar-refractivity contribution in [3.05, 3.63) is 12.2 Å². The van der Waals surface area contributed by atoms with Crippen LogP contribution in [0.25, 0.3) is 0 Å². The van der Waals surface area contributed by atoms with Crippen LogP contribution < -0.4 is 0 Å². The van der Waals surface area contributed by atoms with Crippen LogP contribution in [0.1, 0.15) is 26.7 Å². The first-order valence-electron chi connectivity index (χ1n) is 5.54. The van der Waals surface area contributed by atoms with Gasteiger partial charge in [0, 0.05) is 32.9 Å². The Kier molecular flexibility index (Phi) is 4.87. The predicted octanol–water partition coefficient (Wildman–Crippen LogP) is 1.27. The van der Waals surface area contributed by atoms with Gasteiger partial charge in [-0.15, -0.1) is 0 Å². The van der Waals surface area contributed by atoms with Gasteiger partial charge in [-0.25, -0.2) is 0 Å². The Bertz CT molecular complexity index is 312. The van der Waals surface area contributed by atoms with Crippen molar-refractivity contribution in [2.45, 2.75) is 32.2 Å². The third kappa shape index (κ3) is 4.80. The van der Waals surface area contributed by atoms with Crippen molar-refractivity contribution in [3.63, 3.8) is 0 Å². The van der Waals surface area contributed by atoms with E-state index in [1.807, 2.05) is 12.2 Å². The minimum atomic E-state index is -0.398. The van der Waals surface area contributed by atoms with Crippen LogP contribution in [0.4, 0.5) is 0 Å². The number of carbonyl (C=O) groups is 2. The van der Waals surface area contributed by atoms with Gasteiger partial charge in [-0.2, -0.15) is 0 Å². The molecule has 0 saturated heterocycles. The Morgan fingerprint density at radius 3 is 2.00 bits per heavy atom. The number of nitrogens with zero attached hydrogens (tertiary/aromatic N) is 1. The van der Waals surface area contributed by atoms with Crippen molar-refractivity contribution in [3.8, 4) is 0 Å². The summed E-state index contributed by atoms with van der Waals surface area (Å²) >= 11 is 0. The summed E-state index contributed by atoms with van der Waals surface area (Å²) in [6, 6.07) is 0. The molecule has 1 aliphatic heterocycles. The Morgan fingerprint density at radius 1 is 1.12 bits per heavy atom. The van der Waals surface area contributed by atoms with Crippen molar-refractivity contribution >= 4 is 18.2 Å². The summed E-state index contributed by atoms with van der Waals surface area (Å²) < 4.78 is 9.80. The molecule has 1 aliphatic rings. The number of hydrogen-bond acceptors (Lipinski definition) is 5. The van der Waals surface area contributed by atoms with Crippen molar-refractivity contribution in [1.29, 1.82) is 0 Å². The monoisotopic (exact) mass is 239 g/mol. The first-order chi connectivity index (χ1) is 8.04. The summed E-state index contributed by atoms with van der Waals surface area (Å²) in [7, 11) is 0. The molecule has 5 nitrogen and oxygen atoms in total. The molecule has 1 rings (SSSR count). The first kappa shape index (κ1) is 13.4. The van der Waals surface area contributed by atoms with Crippen LogP contribution in [0.2, 0.25) is 0 Å². The molecule has 0 unspecified atom stereocenters. The fourth-order valence-electron chi connectivity index (χ4n) is 1.62. The zero-order valence-corrected chi connectivity index (χ0v) is 10.1. The minimum absolute atomic E-state index is 0.300. The second kappa shape index (κ2) is 6.18. The van der Waals surface area contributed by atoms with Crippen LogP contribution in [0.15, 0.2) is 17.1 Å². The molecule has 0 aliphatic carbocycles. The van der Waals surface area contributed by atoms with Gasteiger partial charge in [0.05, 0.1) is 18.8 Å². The average molecular weight is 239 g/mol. The smallest absolute Gasteiger partial charge is 0.302 e. The van der Waals surface area contributed by atoms with E-state index in [0.717, 1.165) is 0 Å². The Balaban J connectivity index is 2.40. The zero-order chi connectivity index (χ0) is 12.7. The van der Waals surface area contributed by atoms with E-state index >= 15 is 0 Å². The highest BCUT2D eigenvalue weighted by atomic mass is 16.5. The Labute approximate surface area is 101 Å². The summed E-state index contributed by atoms with van der Waals surface area (Å²) in [4.78, 5) is 25.7. The van der Waals surface area contributed by atoms with Gasteiger partial charge in [0.15, 0.2) is 0 Å². The number of allylic oxidation sites excluding steroid dienone is 1. The standard InChI is InChI=1S/C12H17NO4/c1-10(14)16-8-5-12(4-3-7-13-12)6-9-17-11(2)15/h3-4,7H,5-6,8-9H2,1-2H3. The Hall–Kier alpha value is -1.65. The van der Waals surface area contributed by atoms with Gasteiger partial charge >= 0.3 is 11.9 Å². The van der Waals surface area contributed by atoms with Gasteiger partial charge < -0.3 is 9.47 Å². The summed E-state index contributed by atoms with van der Waals surface area (Å²) in [5.74, 6) is -0.600. The molecule has 0 radical (unpaired) electrons. The van der Waals surface area contributed by atoms with E-state index in [1.54, 1.807) is 6.21 Å². The summed E-state index contributed by atoms with van der Waals surface area (Å²) in [5.41, 5.74) is -0.398. The average Bonchev–Trinajstić information content (AvgIpc) is 2.66. The molecule has 0 aromatic carbocycles. The summed E-state index contributed by atoms with van der Waals surface area (Å²) in [6.07, 6.45) is 6.70. The quantitative estimate of drug-likeness (QED) is 0.655. The topological polar surface area (TPSA) is 65.0 Å². The molecule has 1 heterocycles. The Morgan fingerprint density at radius 2 is 1.65 bits per heavy atom. The third-order valence-electron chi connectivity index (χ3n) is 2.50. The fourth-order valence-corrected chi connectivity index (χ4v) is 1.62. The minimum Gasteiger partial charge on any atom is -0.466 e. The molecule has 0 N–H and O–H groups in total. The van der Waals surface area contributed by atoms with Gasteiger partial charge in [0.2, 0.25) is 0 Å². The van der Waals surface area contributed by atoms with E-state index < -0.39 is 5.54 Å². The molecule has 0 bridgehead atoms. The lowest BCUT2D eigenvalue weighted by molar-refractivity contribution is -0.141. The SMILES string of the molecule is CC(=O)OCCC1(CCOC(C)=O)C=CC=N1. The molecule has 0 aromatic heterocycles. The second-order valence-corrected chi connectivity index (χ2v) is 3.92. The van der Waals surface area contributed by atoms with E-state index in [9.17, 15) is 9.59 Å². The van der Waals surface area contributed by atoms with E-state index in [0.29, 0.717) is 26.1 Å². The second-order valence-electron chi connectivity index (χ2n) is 3.92. The number of rotatable bonds is 6. The largest absolute Gasteiger partial charge is 0.466 e. The normalized spacial score (nSPS) is 15.9. The van der Waals surface area contributed by atoms with Crippen LogP contribution in [-0.2, 0) is 19.1 Å². The lowest BCUT2D eigenvalue weighted by Crippen LogP contribution is -2.27. The highest BCUT2D eigenvalue weighted by molar-refractivity contribution is 5.75. The number of ether oxygens (including phenoxy) is 2. The van der Waals surface area contributed by atoms with Crippen LogP contribution >= 0.6 is 0 Å². The third-order valence-corrected chi connectivity index (χ3v) is 2.50. The zero-order valence-electron chi connectivity index (χ0n) is 10.1. The van der Waals surface area contributed by atoms with Gasteiger partial charge in [-0.05, 0) is 6.08 Å². The van der Waals surface area contributed by atoms with E-state index in [4.69, 9.17) is 9.47 Å². The number of aliphatic imine (C=N–C) groups is 1. The van der Waals surface area contributed by atoms with E-state index in [-0.39, 0.29) is 11.9 Å². The lowest BCUT2D eigenvalue weighted by atomic mass is 9.93. The highest BCUT2D eigenvalue weighted by Gasteiger charge is 2.28.